The minimum Gasteiger partial charge on any atom is -0.478 e. The molecule has 0 saturated heterocycles. The van der Waals surface area contributed by atoms with E-state index in [9.17, 15) is 13.6 Å². The molecule has 0 aliphatic carbocycles. The van der Waals surface area contributed by atoms with E-state index in [4.69, 9.17) is 10.5 Å². The summed E-state index contributed by atoms with van der Waals surface area (Å²) in [6, 6.07) is 2.18. The second-order valence-corrected chi connectivity index (χ2v) is 3.79. The minimum absolute atomic E-state index is 0.0334. The van der Waals surface area contributed by atoms with Gasteiger partial charge in [-0.3, -0.25) is 4.79 Å². The smallest absolute Gasteiger partial charge is 0.260 e. The first-order valence-electron chi connectivity index (χ1n) is 5.54. The largest absolute Gasteiger partial charge is 0.478 e. The quantitative estimate of drug-likeness (QED) is 0.865. The lowest BCUT2D eigenvalue weighted by Crippen LogP contribution is -2.31. The Hall–Kier alpha value is -1.69. The highest BCUT2D eigenvalue weighted by Crippen LogP contribution is 2.23. The van der Waals surface area contributed by atoms with Gasteiger partial charge in [-0.1, -0.05) is 0 Å². The number of benzene rings is 1. The fourth-order valence-electron chi connectivity index (χ4n) is 1.29. The SMILES string of the molecule is CCN(C)C(=O)COc1c(F)cc(CN)cc1F. The van der Waals surface area contributed by atoms with Gasteiger partial charge in [-0.15, -0.1) is 0 Å². The van der Waals surface area contributed by atoms with Gasteiger partial charge in [0.15, 0.2) is 24.0 Å². The van der Waals surface area contributed by atoms with Crippen LogP contribution in [0.25, 0.3) is 0 Å². The highest BCUT2D eigenvalue weighted by atomic mass is 19.1. The van der Waals surface area contributed by atoms with Crippen LogP contribution in [0.5, 0.6) is 5.75 Å². The lowest BCUT2D eigenvalue weighted by molar-refractivity contribution is -0.131. The molecule has 18 heavy (non-hydrogen) atoms. The van der Waals surface area contributed by atoms with Crippen molar-refractivity contribution < 1.29 is 18.3 Å². The van der Waals surface area contributed by atoms with Gasteiger partial charge in [-0.2, -0.15) is 0 Å². The van der Waals surface area contributed by atoms with Crippen molar-refractivity contribution in [2.24, 2.45) is 5.73 Å². The molecule has 0 fully saturated rings. The third-order valence-electron chi connectivity index (χ3n) is 2.53. The van der Waals surface area contributed by atoms with Crippen LogP contribution < -0.4 is 10.5 Å². The Labute approximate surface area is 104 Å². The fourth-order valence-corrected chi connectivity index (χ4v) is 1.29. The summed E-state index contributed by atoms with van der Waals surface area (Å²) in [5, 5.41) is 0. The van der Waals surface area contributed by atoms with E-state index in [2.05, 4.69) is 0 Å². The summed E-state index contributed by atoms with van der Waals surface area (Å²) in [5.41, 5.74) is 5.61. The molecule has 1 aromatic rings. The molecule has 4 nitrogen and oxygen atoms in total. The Morgan fingerprint density at radius 2 is 1.94 bits per heavy atom. The first-order valence-corrected chi connectivity index (χ1v) is 5.54. The molecule has 0 aliphatic heterocycles. The van der Waals surface area contributed by atoms with Crippen LogP contribution in [0, 0.1) is 11.6 Å². The van der Waals surface area contributed by atoms with Crippen molar-refractivity contribution in [1.82, 2.24) is 4.90 Å². The van der Waals surface area contributed by atoms with Crippen LogP contribution in [0.2, 0.25) is 0 Å². The first-order chi connectivity index (χ1) is 8.49. The van der Waals surface area contributed by atoms with Gasteiger partial charge >= 0.3 is 0 Å². The first kappa shape index (κ1) is 14.4. The number of hydrogen-bond donors (Lipinski definition) is 1. The van der Waals surface area contributed by atoms with Gasteiger partial charge < -0.3 is 15.4 Å². The van der Waals surface area contributed by atoms with Crippen LogP contribution in [0.4, 0.5) is 8.78 Å². The van der Waals surface area contributed by atoms with Crippen LogP contribution in [-0.4, -0.2) is 31.0 Å². The number of carbonyl (C=O) groups is 1. The molecule has 6 heteroatoms. The van der Waals surface area contributed by atoms with E-state index in [1.54, 1.807) is 14.0 Å². The van der Waals surface area contributed by atoms with E-state index in [0.717, 1.165) is 12.1 Å². The Morgan fingerprint density at radius 1 is 1.39 bits per heavy atom. The summed E-state index contributed by atoms with van der Waals surface area (Å²) < 4.78 is 31.8. The summed E-state index contributed by atoms with van der Waals surface area (Å²) in [4.78, 5) is 12.8. The number of ether oxygens (including phenoxy) is 1. The van der Waals surface area contributed by atoms with Crippen molar-refractivity contribution in [3.63, 3.8) is 0 Å². The summed E-state index contributed by atoms with van der Waals surface area (Å²) in [6.45, 7) is 1.92. The summed E-state index contributed by atoms with van der Waals surface area (Å²) in [7, 11) is 1.58. The van der Waals surface area contributed by atoms with Crippen LogP contribution in [0.15, 0.2) is 12.1 Å². The maximum absolute atomic E-state index is 13.5. The van der Waals surface area contributed by atoms with E-state index < -0.39 is 24.0 Å². The molecule has 0 saturated carbocycles. The third kappa shape index (κ3) is 3.40. The van der Waals surface area contributed by atoms with Crippen molar-refractivity contribution in [3.8, 4) is 5.75 Å². The maximum atomic E-state index is 13.5. The lowest BCUT2D eigenvalue weighted by atomic mass is 10.2. The van der Waals surface area contributed by atoms with Gasteiger partial charge in [0.2, 0.25) is 0 Å². The average Bonchev–Trinajstić information content (AvgIpc) is 2.36. The number of hydrogen-bond acceptors (Lipinski definition) is 3. The zero-order chi connectivity index (χ0) is 13.7. The fraction of sp³-hybridized carbons (Fsp3) is 0.417. The van der Waals surface area contributed by atoms with E-state index in [1.165, 1.54) is 4.90 Å². The third-order valence-corrected chi connectivity index (χ3v) is 2.53. The second kappa shape index (κ2) is 6.30. The molecule has 0 atom stereocenters. The molecular weight excluding hydrogens is 242 g/mol. The van der Waals surface area contributed by atoms with E-state index in [1.807, 2.05) is 0 Å². The molecule has 1 aromatic carbocycles. The molecule has 0 aromatic heterocycles. The number of carbonyl (C=O) groups excluding carboxylic acids is 1. The molecule has 0 unspecified atom stereocenters. The Morgan fingerprint density at radius 3 is 2.39 bits per heavy atom. The van der Waals surface area contributed by atoms with Crippen LogP contribution in [-0.2, 0) is 11.3 Å². The van der Waals surface area contributed by atoms with Gasteiger partial charge in [0, 0.05) is 20.1 Å². The number of halogens is 2. The molecular formula is C12H16F2N2O2. The van der Waals surface area contributed by atoms with E-state index in [-0.39, 0.29) is 12.5 Å². The Balaban J connectivity index is 2.77. The van der Waals surface area contributed by atoms with Crippen molar-refractivity contribution in [3.05, 3.63) is 29.3 Å². The predicted octanol–water partition coefficient (Wildman–Crippen LogP) is 1.28. The molecule has 1 rings (SSSR count). The predicted molar refractivity (Wildman–Crippen MR) is 63.1 cm³/mol. The van der Waals surface area contributed by atoms with Gasteiger partial charge in [-0.25, -0.2) is 8.78 Å². The standard InChI is InChI=1S/C12H16F2N2O2/c1-3-16(2)11(17)7-18-12-9(13)4-8(6-15)5-10(12)14/h4-5H,3,6-7,15H2,1-2H3. The lowest BCUT2D eigenvalue weighted by Gasteiger charge is -2.15. The summed E-state index contributed by atoms with van der Waals surface area (Å²) >= 11 is 0. The Bertz CT molecular complexity index is 415. The van der Waals surface area contributed by atoms with Gasteiger partial charge in [0.25, 0.3) is 5.91 Å². The molecule has 0 heterocycles. The molecule has 0 spiro atoms. The van der Waals surface area contributed by atoms with Crippen molar-refractivity contribution in [2.75, 3.05) is 20.2 Å². The number of nitrogens with zero attached hydrogens (tertiary/aromatic N) is 1. The summed E-state index contributed by atoms with van der Waals surface area (Å²) in [6.07, 6.45) is 0. The maximum Gasteiger partial charge on any atom is 0.260 e. The average molecular weight is 258 g/mol. The molecule has 1 amide bonds. The van der Waals surface area contributed by atoms with Crippen molar-refractivity contribution in [2.45, 2.75) is 13.5 Å². The molecule has 2 N–H and O–H groups in total. The van der Waals surface area contributed by atoms with Crippen molar-refractivity contribution in [1.29, 1.82) is 0 Å². The second-order valence-electron chi connectivity index (χ2n) is 3.79. The molecule has 100 valence electrons. The summed E-state index contributed by atoms with van der Waals surface area (Å²) in [5.74, 6) is -2.62. The zero-order valence-corrected chi connectivity index (χ0v) is 10.4. The van der Waals surface area contributed by atoms with Crippen LogP contribution >= 0.6 is 0 Å². The van der Waals surface area contributed by atoms with E-state index in [0.29, 0.717) is 12.1 Å². The van der Waals surface area contributed by atoms with Gasteiger partial charge in [0.05, 0.1) is 0 Å². The highest BCUT2D eigenvalue weighted by Gasteiger charge is 2.15. The normalized spacial score (nSPS) is 10.3. The number of amides is 1. The van der Waals surface area contributed by atoms with Crippen LogP contribution in [0.1, 0.15) is 12.5 Å². The Kier molecular flexibility index (Phi) is 5.03. The van der Waals surface area contributed by atoms with Gasteiger partial charge in [0.1, 0.15) is 0 Å². The number of nitrogens with two attached hydrogens (primary N) is 1. The minimum atomic E-state index is -0.859. The highest BCUT2D eigenvalue weighted by molar-refractivity contribution is 5.77. The number of likely N-dealkylation sites (N-methyl/N-ethyl adjacent to an activating group) is 1. The molecule has 0 bridgehead atoms. The monoisotopic (exact) mass is 258 g/mol. The number of rotatable bonds is 5. The van der Waals surface area contributed by atoms with Crippen molar-refractivity contribution >= 4 is 5.91 Å². The van der Waals surface area contributed by atoms with Crippen LogP contribution in [0.3, 0.4) is 0 Å². The topological polar surface area (TPSA) is 55.6 Å². The van der Waals surface area contributed by atoms with Gasteiger partial charge in [-0.05, 0) is 24.6 Å². The van der Waals surface area contributed by atoms with E-state index >= 15 is 0 Å². The zero-order valence-electron chi connectivity index (χ0n) is 10.4. The molecule has 0 aliphatic rings. The molecule has 0 radical (unpaired) electrons.